The Morgan fingerprint density at radius 2 is 2.07 bits per heavy atom. The minimum atomic E-state index is -0.409. The molecule has 30 heavy (non-hydrogen) atoms. The van der Waals surface area contributed by atoms with Crippen LogP contribution in [0.4, 0.5) is 15.2 Å². The first-order chi connectivity index (χ1) is 14.5. The van der Waals surface area contributed by atoms with Gasteiger partial charge in [-0.1, -0.05) is 29.2 Å². The molecule has 4 rings (SSSR count). The quantitative estimate of drug-likeness (QED) is 0.459. The number of amides is 1. The van der Waals surface area contributed by atoms with E-state index < -0.39 is 5.82 Å². The predicted molar refractivity (Wildman–Crippen MR) is 119 cm³/mol. The van der Waals surface area contributed by atoms with Gasteiger partial charge in [-0.15, -0.1) is 0 Å². The number of hydrogen-bond donors (Lipinski definition) is 1. The molecule has 0 spiro atoms. The maximum atomic E-state index is 13.4. The third kappa shape index (κ3) is 4.20. The van der Waals surface area contributed by atoms with Crippen molar-refractivity contribution >= 4 is 50.2 Å². The second kappa shape index (κ2) is 8.73. The van der Waals surface area contributed by atoms with E-state index in [1.165, 1.54) is 35.2 Å². The number of hydrogen-bond acceptors (Lipinski definition) is 7. The Hall–Kier alpha value is -2.46. The number of aromatic nitrogens is 3. The molecule has 1 aliphatic heterocycles. The highest BCUT2D eigenvalue weighted by molar-refractivity contribution is 7.99. The number of halogens is 1. The van der Waals surface area contributed by atoms with Crippen molar-refractivity contribution in [3.05, 3.63) is 39.9 Å². The molecule has 0 aliphatic carbocycles. The van der Waals surface area contributed by atoms with Crippen molar-refractivity contribution in [3.8, 4) is 0 Å². The molecule has 1 amide bonds. The van der Waals surface area contributed by atoms with Crippen molar-refractivity contribution in [2.75, 3.05) is 29.1 Å². The molecule has 0 bridgehead atoms. The smallest absolute Gasteiger partial charge is 0.273 e. The van der Waals surface area contributed by atoms with E-state index in [1.54, 1.807) is 17.6 Å². The highest BCUT2D eigenvalue weighted by Crippen LogP contribution is 2.29. The van der Waals surface area contributed by atoms with Gasteiger partial charge in [0.15, 0.2) is 15.9 Å². The number of anilines is 2. The summed E-state index contributed by atoms with van der Waals surface area (Å²) in [6, 6.07) is 4.25. The fourth-order valence-electron chi connectivity index (χ4n) is 3.35. The molecule has 0 atom stereocenters. The number of nitrogens with zero attached hydrogens (tertiary/aromatic N) is 4. The lowest BCUT2D eigenvalue weighted by atomic mass is 10.2. The fraction of sp³-hybridized carbons (Fsp3) is 0.400. The van der Waals surface area contributed by atoms with Crippen LogP contribution in [0.2, 0.25) is 0 Å². The summed E-state index contributed by atoms with van der Waals surface area (Å²) in [6.45, 7) is 6.02. The fourth-order valence-corrected chi connectivity index (χ4v) is 5.21. The third-order valence-corrected chi connectivity index (χ3v) is 7.04. The van der Waals surface area contributed by atoms with Crippen LogP contribution >= 0.6 is 23.1 Å². The van der Waals surface area contributed by atoms with Crippen molar-refractivity contribution in [1.82, 2.24) is 14.5 Å². The molecule has 0 radical (unpaired) electrons. The molecule has 1 aliphatic rings. The van der Waals surface area contributed by atoms with Crippen LogP contribution in [0.1, 0.15) is 25.3 Å². The summed E-state index contributed by atoms with van der Waals surface area (Å²) in [6.07, 6.45) is 2.26. The number of benzene rings is 1. The summed E-state index contributed by atoms with van der Waals surface area (Å²) in [4.78, 5) is 36.7. The monoisotopic (exact) mass is 447 g/mol. The molecule has 3 aromatic rings. The number of nitrogens with one attached hydrogen (secondary N) is 1. The standard InChI is InChI=1S/C20H22FN5O2S2/c1-3-26-18(28)16-17(23-19(30-16)25-8-4-5-9-25)24-20(26)29-11-15(27)22-14-10-13(21)7-6-12(14)2/h6-7,10H,3-5,8-9,11H2,1-2H3,(H,22,27). The number of aryl methyl sites for hydroxylation is 1. The van der Waals surface area contributed by atoms with Crippen LogP contribution < -0.4 is 15.8 Å². The minimum Gasteiger partial charge on any atom is -0.348 e. The lowest BCUT2D eigenvalue weighted by Gasteiger charge is -2.11. The van der Waals surface area contributed by atoms with Gasteiger partial charge < -0.3 is 10.2 Å². The molecule has 10 heteroatoms. The Kier molecular flexibility index (Phi) is 6.05. The topological polar surface area (TPSA) is 80.1 Å². The number of carbonyl (C=O) groups is 1. The van der Waals surface area contributed by atoms with Gasteiger partial charge in [-0.25, -0.2) is 9.37 Å². The average Bonchev–Trinajstić information content (AvgIpc) is 3.39. The molecule has 0 unspecified atom stereocenters. The zero-order valence-corrected chi connectivity index (χ0v) is 18.4. The molecule has 1 saturated heterocycles. The third-order valence-electron chi connectivity index (χ3n) is 4.97. The van der Waals surface area contributed by atoms with Crippen molar-refractivity contribution in [3.63, 3.8) is 0 Å². The van der Waals surface area contributed by atoms with Gasteiger partial charge in [-0.05, 0) is 44.4 Å². The summed E-state index contributed by atoms with van der Waals surface area (Å²) < 4.78 is 15.6. The molecule has 2 aromatic heterocycles. The highest BCUT2D eigenvalue weighted by atomic mass is 32.2. The summed E-state index contributed by atoms with van der Waals surface area (Å²) in [5, 5.41) is 4.00. The number of thioether (sulfide) groups is 1. The van der Waals surface area contributed by atoms with Crippen LogP contribution in [0.5, 0.6) is 0 Å². The van der Waals surface area contributed by atoms with E-state index in [-0.39, 0.29) is 17.2 Å². The van der Waals surface area contributed by atoms with Crippen molar-refractivity contribution < 1.29 is 9.18 Å². The van der Waals surface area contributed by atoms with Gasteiger partial charge >= 0.3 is 0 Å². The molecule has 1 aromatic carbocycles. The molecular weight excluding hydrogens is 425 g/mol. The molecule has 3 heterocycles. The second-order valence-corrected chi connectivity index (χ2v) is 9.00. The molecule has 158 valence electrons. The number of thiazole rings is 1. The van der Waals surface area contributed by atoms with Gasteiger partial charge in [0.25, 0.3) is 5.56 Å². The summed E-state index contributed by atoms with van der Waals surface area (Å²) in [5.41, 5.74) is 1.51. The van der Waals surface area contributed by atoms with E-state index in [0.717, 1.165) is 36.6 Å². The van der Waals surface area contributed by atoms with E-state index in [9.17, 15) is 14.0 Å². The number of rotatable bonds is 6. The van der Waals surface area contributed by atoms with Crippen LogP contribution in [0.25, 0.3) is 10.3 Å². The van der Waals surface area contributed by atoms with E-state index in [2.05, 4.69) is 20.2 Å². The van der Waals surface area contributed by atoms with Crippen molar-refractivity contribution in [2.45, 2.75) is 38.4 Å². The van der Waals surface area contributed by atoms with E-state index in [1.807, 2.05) is 6.92 Å². The van der Waals surface area contributed by atoms with Crippen LogP contribution in [-0.4, -0.2) is 39.3 Å². The predicted octanol–water partition coefficient (Wildman–Crippen LogP) is 3.65. The maximum absolute atomic E-state index is 13.4. The summed E-state index contributed by atoms with van der Waals surface area (Å²) in [7, 11) is 0. The Morgan fingerprint density at radius 1 is 1.30 bits per heavy atom. The Bertz CT molecular complexity index is 1150. The molecule has 7 nitrogen and oxygen atoms in total. The van der Waals surface area contributed by atoms with Gasteiger partial charge in [0.05, 0.1) is 5.75 Å². The normalized spacial score (nSPS) is 13.9. The summed E-state index contributed by atoms with van der Waals surface area (Å²) in [5.74, 6) is -0.647. The lowest BCUT2D eigenvalue weighted by Crippen LogP contribution is -2.23. The SMILES string of the molecule is CCn1c(SCC(=O)Nc2cc(F)ccc2C)nc2nc(N3CCCC3)sc2c1=O. The molecule has 1 fully saturated rings. The van der Waals surface area contributed by atoms with Crippen LogP contribution in [0.3, 0.4) is 0 Å². The van der Waals surface area contributed by atoms with Crippen LogP contribution in [-0.2, 0) is 11.3 Å². The minimum absolute atomic E-state index is 0.0526. The largest absolute Gasteiger partial charge is 0.348 e. The number of fused-ring (bicyclic) bond motifs is 1. The van der Waals surface area contributed by atoms with Gasteiger partial charge in [-0.3, -0.25) is 14.2 Å². The van der Waals surface area contributed by atoms with E-state index in [0.29, 0.717) is 27.7 Å². The first-order valence-electron chi connectivity index (χ1n) is 9.81. The Morgan fingerprint density at radius 3 is 2.80 bits per heavy atom. The molecule has 1 N–H and O–H groups in total. The van der Waals surface area contributed by atoms with Gasteiger partial charge in [-0.2, -0.15) is 4.98 Å². The summed E-state index contributed by atoms with van der Waals surface area (Å²) >= 11 is 2.56. The maximum Gasteiger partial charge on any atom is 0.273 e. The first kappa shape index (κ1) is 20.8. The van der Waals surface area contributed by atoms with Gasteiger partial charge in [0.1, 0.15) is 10.5 Å². The van der Waals surface area contributed by atoms with E-state index >= 15 is 0 Å². The average molecular weight is 448 g/mol. The first-order valence-corrected chi connectivity index (χ1v) is 11.6. The Balaban J connectivity index is 1.54. The van der Waals surface area contributed by atoms with E-state index in [4.69, 9.17) is 0 Å². The molecule has 0 saturated carbocycles. The molecular formula is C20H22FN5O2S2. The second-order valence-electron chi connectivity index (χ2n) is 7.08. The zero-order valence-electron chi connectivity index (χ0n) is 16.8. The van der Waals surface area contributed by atoms with Crippen LogP contribution in [0, 0.1) is 12.7 Å². The number of carbonyl (C=O) groups excluding carboxylic acids is 1. The Labute approximate surface area is 181 Å². The highest BCUT2D eigenvalue weighted by Gasteiger charge is 2.21. The van der Waals surface area contributed by atoms with Crippen molar-refractivity contribution in [2.24, 2.45) is 0 Å². The van der Waals surface area contributed by atoms with Crippen LogP contribution in [0.15, 0.2) is 28.2 Å². The van der Waals surface area contributed by atoms with Crippen molar-refractivity contribution in [1.29, 1.82) is 0 Å². The van der Waals surface area contributed by atoms with Gasteiger partial charge in [0.2, 0.25) is 5.91 Å². The van der Waals surface area contributed by atoms with Gasteiger partial charge in [0, 0.05) is 25.3 Å². The lowest BCUT2D eigenvalue weighted by molar-refractivity contribution is -0.113. The zero-order chi connectivity index (χ0) is 21.3.